The third kappa shape index (κ3) is 2.25. The van der Waals surface area contributed by atoms with Gasteiger partial charge < -0.3 is 4.90 Å². The summed E-state index contributed by atoms with van der Waals surface area (Å²) in [6.07, 6.45) is 1.70. The van der Waals surface area contributed by atoms with Crippen molar-refractivity contribution in [1.29, 1.82) is 0 Å². The zero-order valence-electron chi connectivity index (χ0n) is 7.65. The Balaban J connectivity index is 2.12. The van der Waals surface area contributed by atoms with E-state index >= 15 is 0 Å². The Bertz CT molecular complexity index is 348. The van der Waals surface area contributed by atoms with Crippen molar-refractivity contribution in [2.24, 2.45) is 0 Å². The van der Waals surface area contributed by atoms with Crippen molar-refractivity contribution in [1.82, 2.24) is 4.98 Å². The Morgan fingerprint density at radius 3 is 2.79 bits per heavy atom. The van der Waals surface area contributed by atoms with Crippen molar-refractivity contribution in [3.05, 3.63) is 23.5 Å². The largest absolute Gasteiger partial charge is 0.370 e. The zero-order valence-corrected chi connectivity index (χ0v) is 9.22. The molecule has 2 rings (SSSR count). The van der Waals surface area contributed by atoms with E-state index in [4.69, 9.17) is 11.6 Å². The first-order chi connectivity index (χ1) is 6.75. The fraction of sp³-hybridized carbons (Fsp3) is 0.444. The normalized spacial score (nSPS) is 18.5. The minimum Gasteiger partial charge on any atom is -0.370 e. The van der Waals surface area contributed by atoms with E-state index in [1.807, 2.05) is 12.1 Å². The first-order valence-electron chi connectivity index (χ1n) is 4.47. The molecule has 3 nitrogen and oxygen atoms in total. The van der Waals surface area contributed by atoms with Crippen LogP contribution < -0.4 is 4.90 Å². The van der Waals surface area contributed by atoms with Crippen LogP contribution in [0.15, 0.2) is 18.3 Å². The third-order valence-corrected chi connectivity index (χ3v) is 3.74. The zero-order chi connectivity index (χ0) is 9.97. The van der Waals surface area contributed by atoms with E-state index in [-0.39, 0.29) is 0 Å². The van der Waals surface area contributed by atoms with Gasteiger partial charge in [-0.1, -0.05) is 11.6 Å². The second-order valence-electron chi connectivity index (χ2n) is 3.17. The molecule has 0 aromatic carbocycles. The quantitative estimate of drug-likeness (QED) is 0.682. The Labute approximate surface area is 90.5 Å². The molecule has 1 aromatic heterocycles. The molecule has 5 heteroatoms. The van der Waals surface area contributed by atoms with Crippen molar-refractivity contribution in [3.63, 3.8) is 0 Å². The van der Waals surface area contributed by atoms with Crippen molar-refractivity contribution in [2.75, 3.05) is 29.5 Å². The van der Waals surface area contributed by atoms with E-state index in [0.717, 1.165) is 30.3 Å². The van der Waals surface area contributed by atoms with Gasteiger partial charge in [0.1, 0.15) is 5.15 Å². The number of aromatic nitrogens is 1. The van der Waals surface area contributed by atoms with Crippen molar-refractivity contribution >= 4 is 28.1 Å². The molecule has 0 aliphatic carbocycles. The maximum Gasteiger partial charge on any atom is 0.131 e. The first-order valence-corrected chi connectivity index (χ1v) is 6.34. The number of pyridine rings is 1. The monoisotopic (exact) mass is 230 g/mol. The van der Waals surface area contributed by atoms with Crippen LogP contribution in [0.3, 0.4) is 0 Å². The summed E-state index contributed by atoms with van der Waals surface area (Å²) in [5.41, 5.74) is 1.07. The van der Waals surface area contributed by atoms with E-state index in [0.29, 0.717) is 5.15 Å². The van der Waals surface area contributed by atoms with Crippen molar-refractivity contribution < 1.29 is 4.21 Å². The van der Waals surface area contributed by atoms with Crippen LogP contribution in [0.2, 0.25) is 5.15 Å². The predicted octanol–water partition coefficient (Wildman–Crippen LogP) is 1.30. The highest BCUT2D eigenvalue weighted by atomic mass is 35.5. The Morgan fingerprint density at radius 2 is 2.14 bits per heavy atom. The van der Waals surface area contributed by atoms with Gasteiger partial charge in [-0.25, -0.2) is 4.98 Å². The lowest BCUT2D eigenvalue weighted by Crippen LogP contribution is -2.37. The van der Waals surface area contributed by atoms with Crippen LogP contribution in [0.5, 0.6) is 0 Å². The molecule has 1 fully saturated rings. The molecule has 0 atom stereocenters. The molecule has 76 valence electrons. The van der Waals surface area contributed by atoms with Gasteiger partial charge in [0.25, 0.3) is 0 Å². The van der Waals surface area contributed by atoms with Crippen LogP contribution >= 0.6 is 11.6 Å². The summed E-state index contributed by atoms with van der Waals surface area (Å²) in [6.45, 7) is 1.68. The van der Waals surface area contributed by atoms with Gasteiger partial charge in [0.05, 0.1) is 0 Å². The van der Waals surface area contributed by atoms with E-state index in [9.17, 15) is 4.21 Å². The number of anilines is 1. The molecule has 0 bridgehead atoms. The molecule has 1 aromatic rings. The number of hydrogen-bond acceptors (Lipinski definition) is 3. The Morgan fingerprint density at radius 1 is 1.43 bits per heavy atom. The van der Waals surface area contributed by atoms with Crippen LogP contribution in [0, 0.1) is 0 Å². The van der Waals surface area contributed by atoms with Gasteiger partial charge in [0, 0.05) is 47.3 Å². The molecule has 0 N–H and O–H groups in total. The average molecular weight is 231 g/mol. The molecule has 14 heavy (non-hydrogen) atoms. The molecule has 1 aliphatic heterocycles. The standard InChI is InChI=1S/C9H11ClN2OS/c10-9-7-8(1-2-11-9)12-3-5-14(13)6-4-12/h1-2,7H,3-6H2. The molecule has 1 aliphatic rings. The van der Waals surface area contributed by atoms with Gasteiger partial charge in [-0.2, -0.15) is 0 Å². The smallest absolute Gasteiger partial charge is 0.131 e. The molecular weight excluding hydrogens is 220 g/mol. The van der Waals surface area contributed by atoms with Gasteiger partial charge in [-0.15, -0.1) is 0 Å². The van der Waals surface area contributed by atoms with Crippen molar-refractivity contribution in [3.8, 4) is 0 Å². The van der Waals surface area contributed by atoms with E-state index in [2.05, 4.69) is 9.88 Å². The Hall–Kier alpha value is -0.610. The first kappa shape index (κ1) is 9.93. The summed E-state index contributed by atoms with van der Waals surface area (Å²) in [5.74, 6) is 1.50. The second kappa shape index (κ2) is 4.28. The average Bonchev–Trinajstić information content (AvgIpc) is 2.19. The number of halogens is 1. The van der Waals surface area contributed by atoms with Crippen molar-refractivity contribution in [2.45, 2.75) is 0 Å². The van der Waals surface area contributed by atoms with Crippen LogP contribution in [0.1, 0.15) is 0 Å². The summed E-state index contributed by atoms with van der Waals surface area (Å²) >= 11 is 5.79. The Kier molecular flexibility index (Phi) is 3.03. The molecule has 0 amide bonds. The summed E-state index contributed by atoms with van der Waals surface area (Å²) in [7, 11) is -0.630. The summed E-state index contributed by atoms with van der Waals surface area (Å²) in [5, 5.41) is 0.509. The molecule has 0 saturated carbocycles. The minimum absolute atomic E-state index is 0.509. The highest BCUT2D eigenvalue weighted by Crippen LogP contribution is 2.18. The SMILES string of the molecule is O=S1CCN(c2ccnc(Cl)c2)CC1. The van der Waals surface area contributed by atoms with Gasteiger partial charge in [0.15, 0.2) is 0 Å². The summed E-state index contributed by atoms with van der Waals surface area (Å²) in [6, 6.07) is 3.77. The number of rotatable bonds is 1. The summed E-state index contributed by atoms with van der Waals surface area (Å²) in [4.78, 5) is 6.12. The predicted molar refractivity (Wildman–Crippen MR) is 59.3 cm³/mol. The molecule has 2 heterocycles. The lowest BCUT2D eigenvalue weighted by molar-refractivity contribution is 0.673. The fourth-order valence-electron chi connectivity index (χ4n) is 1.49. The highest BCUT2D eigenvalue weighted by Gasteiger charge is 2.15. The van der Waals surface area contributed by atoms with Gasteiger partial charge >= 0.3 is 0 Å². The van der Waals surface area contributed by atoms with Crippen LogP contribution in [-0.2, 0) is 10.8 Å². The number of nitrogens with zero attached hydrogens (tertiary/aromatic N) is 2. The lowest BCUT2D eigenvalue weighted by atomic mass is 10.3. The molecule has 1 saturated heterocycles. The second-order valence-corrected chi connectivity index (χ2v) is 5.26. The van der Waals surface area contributed by atoms with Gasteiger partial charge in [0.2, 0.25) is 0 Å². The van der Waals surface area contributed by atoms with Crippen LogP contribution in [0.25, 0.3) is 0 Å². The maximum absolute atomic E-state index is 11.2. The van der Waals surface area contributed by atoms with Gasteiger partial charge in [-0.3, -0.25) is 4.21 Å². The van der Waals surface area contributed by atoms with E-state index in [1.165, 1.54) is 0 Å². The third-order valence-electron chi connectivity index (χ3n) is 2.25. The van der Waals surface area contributed by atoms with Gasteiger partial charge in [-0.05, 0) is 12.1 Å². The molecule has 0 spiro atoms. The lowest BCUT2D eigenvalue weighted by Gasteiger charge is -2.28. The summed E-state index contributed by atoms with van der Waals surface area (Å²) < 4.78 is 11.2. The number of hydrogen-bond donors (Lipinski definition) is 0. The highest BCUT2D eigenvalue weighted by molar-refractivity contribution is 7.85. The molecule has 0 unspecified atom stereocenters. The van der Waals surface area contributed by atoms with Crippen LogP contribution in [-0.4, -0.2) is 33.8 Å². The molecule has 0 radical (unpaired) electrons. The maximum atomic E-state index is 11.2. The molecular formula is C9H11ClN2OS. The van der Waals surface area contributed by atoms with E-state index < -0.39 is 10.8 Å². The fourth-order valence-corrected chi connectivity index (χ4v) is 2.71. The minimum atomic E-state index is -0.630. The topological polar surface area (TPSA) is 33.2 Å². The van der Waals surface area contributed by atoms with Crippen LogP contribution in [0.4, 0.5) is 5.69 Å². The van der Waals surface area contributed by atoms with E-state index in [1.54, 1.807) is 6.20 Å².